The topological polar surface area (TPSA) is 57.4 Å². The summed E-state index contributed by atoms with van der Waals surface area (Å²) in [6.07, 6.45) is 8.86. The Morgan fingerprint density at radius 1 is 0.511 bits per heavy atom. The third kappa shape index (κ3) is 5.63. The van der Waals surface area contributed by atoms with E-state index >= 15 is 0 Å². The highest BCUT2D eigenvalue weighted by molar-refractivity contribution is 6.83. The van der Waals surface area contributed by atoms with E-state index < -0.39 is 8.07 Å². The molecule has 0 unspecified atom stereocenters. The first-order valence-corrected chi connectivity index (χ1v) is 19.4. The number of hydrogen-bond acceptors (Lipinski definition) is 2. The fourth-order valence-corrected chi connectivity index (χ4v) is 14.3. The molecule has 7 rings (SSSR count). The lowest BCUT2D eigenvalue weighted by Crippen LogP contribution is -2.47. The van der Waals surface area contributed by atoms with Gasteiger partial charge in [-0.2, -0.15) is 0 Å². The van der Waals surface area contributed by atoms with Crippen LogP contribution in [0.3, 0.4) is 0 Å². The van der Waals surface area contributed by atoms with Gasteiger partial charge in [0.1, 0.15) is 0 Å². The molecule has 0 fully saturated rings. The number of rotatable bonds is 7. The van der Waals surface area contributed by atoms with E-state index in [4.69, 9.17) is 9.97 Å². The molecule has 0 saturated heterocycles. The molecule has 0 amide bonds. The molecule has 5 heterocycles. The fraction of sp³-hybridized carbons (Fsp3) is 0.238. The van der Waals surface area contributed by atoms with Gasteiger partial charge in [0.15, 0.2) is 0 Å². The summed E-state index contributed by atoms with van der Waals surface area (Å²) < 4.78 is 0. The summed E-state index contributed by atoms with van der Waals surface area (Å²) in [6, 6.07) is 33.1. The standard InChI is InChI=1S/C42H44N4Si/c1-27(2)47(28(3)4,29(5)6)26-34-35-21-23-39(45-35)41(30-13-9-7-10-14-30)37-19-17-32(43-37)25-33-18-20-38(44-33)42(31-15-11-8-12-16-31)40-24-22-36(34)46-40/h7-25,27-29,43-44H,26H2,1-6H3. The van der Waals surface area contributed by atoms with E-state index in [9.17, 15) is 0 Å². The lowest BCUT2D eigenvalue weighted by molar-refractivity contribution is 0.796. The largest absolute Gasteiger partial charge is 0.355 e. The molecule has 0 aliphatic carbocycles. The molecule has 0 radical (unpaired) electrons. The molecule has 3 aromatic heterocycles. The summed E-state index contributed by atoms with van der Waals surface area (Å²) in [7, 11) is -1.87. The number of H-pyrrole nitrogens is 2. The molecule has 4 nitrogen and oxygen atoms in total. The van der Waals surface area contributed by atoms with Gasteiger partial charge in [-0.25, -0.2) is 9.97 Å². The first kappa shape index (κ1) is 30.9. The summed E-state index contributed by atoms with van der Waals surface area (Å²) in [4.78, 5) is 18.3. The number of aromatic nitrogens is 4. The Bertz CT molecular complexity index is 1990. The van der Waals surface area contributed by atoms with Crippen molar-refractivity contribution >= 4 is 54.4 Å². The second kappa shape index (κ2) is 12.5. The molecule has 0 saturated carbocycles. The molecule has 0 atom stereocenters. The van der Waals surface area contributed by atoms with Crippen LogP contribution in [0.5, 0.6) is 0 Å². The zero-order valence-electron chi connectivity index (χ0n) is 28.3. The van der Waals surface area contributed by atoms with Gasteiger partial charge in [-0.15, -0.1) is 0 Å². The number of hydrogen-bond donors (Lipinski definition) is 2. The quantitative estimate of drug-likeness (QED) is 0.172. The van der Waals surface area contributed by atoms with Crippen LogP contribution in [0.4, 0.5) is 0 Å². The van der Waals surface area contributed by atoms with Gasteiger partial charge < -0.3 is 9.97 Å². The van der Waals surface area contributed by atoms with Gasteiger partial charge >= 0.3 is 0 Å². The Morgan fingerprint density at radius 3 is 1.32 bits per heavy atom. The minimum atomic E-state index is -1.87. The van der Waals surface area contributed by atoms with Crippen molar-refractivity contribution in [2.45, 2.75) is 64.2 Å². The fourth-order valence-electron chi connectivity index (χ4n) is 8.11. The number of nitrogens with one attached hydrogen (secondary N) is 2. The highest BCUT2D eigenvalue weighted by Gasteiger charge is 2.43. The predicted octanol–water partition coefficient (Wildman–Crippen LogP) is 11.8. The first-order valence-electron chi connectivity index (χ1n) is 17.0. The molecule has 2 aliphatic heterocycles. The van der Waals surface area contributed by atoms with Gasteiger partial charge in [-0.1, -0.05) is 119 Å². The maximum Gasteiger partial charge on any atom is 0.0737 e. The summed E-state index contributed by atoms with van der Waals surface area (Å²) >= 11 is 0. The van der Waals surface area contributed by atoms with E-state index in [2.05, 4.69) is 167 Å². The van der Waals surface area contributed by atoms with Crippen molar-refractivity contribution in [3.8, 4) is 22.3 Å². The smallest absolute Gasteiger partial charge is 0.0737 e. The minimum Gasteiger partial charge on any atom is -0.355 e. The van der Waals surface area contributed by atoms with E-state index in [1.807, 2.05) is 0 Å². The minimum absolute atomic E-state index is 0.614. The third-order valence-corrected chi connectivity index (χ3v) is 17.9. The Balaban J connectivity index is 1.63. The van der Waals surface area contributed by atoms with Crippen LogP contribution in [0.25, 0.3) is 68.6 Å². The summed E-state index contributed by atoms with van der Waals surface area (Å²) in [6.45, 7) is 14.7. The molecule has 8 bridgehead atoms. The Kier molecular flexibility index (Phi) is 8.19. The number of nitrogens with zero attached hydrogens (tertiary/aromatic N) is 2. The van der Waals surface area contributed by atoms with Crippen molar-refractivity contribution in [1.82, 2.24) is 19.9 Å². The second-order valence-corrected chi connectivity index (χ2v) is 20.0. The van der Waals surface area contributed by atoms with Crippen LogP contribution < -0.4 is 0 Å². The molecule has 5 heteroatoms. The van der Waals surface area contributed by atoms with E-state index in [1.165, 1.54) is 5.56 Å². The average Bonchev–Trinajstić information content (AvgIpc) is 3.88. The highest BCUT2D eigenvalue weighted by Crippen LogP contribution is 2.45. The summed E-state index contributed by atoms with van der Waals surface area (Å²) in [5.41, 5.74) is 15.8. The SMILES string of the molecule is CC(C)[Si](Cc1c2nc(c(-c3ccccc3)c3ccc(cc4ccc([nH]4)c(-c4ccccc4)c4nc1C=C4)[nH]3)C=C2)(C(C)C)C(C)C. The molecule has 2 aliphatic rings. The van der Waals surface area contributed by atoms with E-state index in [0.29, 0.717) is 16.6 Å². The van der Waals surface area contributed by atoms with Crippen LogP contribution in [0.1, 0.15) is 69.9 Å². The van der Waals surface area contributed by atoms with Gasteiger partial charge in [-0.3, -0.25) is 0 Å². The van der Waals surface area contributed by atoms with Crippen LogP contribution in [0.15, 0.2) is 91.0 Å². The molecule has 5 aromatic rings. The molecule has 2 aromatic carbocycles. The number of benzene rings is 2. The van der Waals surface area contributed by atoms with Crippen LogP contribution in [0.2, 0.25) is 16.6 Å². The number of fused-ring (bicyclic) bond motifs is 8. The van der Waals surface area contributed by atoms with Crippen LogP contribution in [-0.4, -0.2) is 28.0 Å². The van der Waals surface area contributed by atoms with Crippen LogP contribution in [-0.2, 0) is 6.04 Å². The van der Waals surface area contributed by atoms with Crippen molar-refractivity contribution in [3.05, 3.63) is 119 Å². The normalized spacial score (nSPS) is 13.0. The molecule has 2 N–H and O–H groups in total. The molecule has 47 heavy (non-hydrogen) atoms. The zero-order chi connectivity index (χ0) is 32.7. The van der Waals surface area contributed by atoms with Crippen LogP contribution >= 0.6 is 0 Å². The highest BCUT2D eigenvalue weighted by atomic mass is 28.3. The van der Waals surface area contributed by atoms with E-state index in [1.54, 1.807) is 0 Å². The zero-order valence-corrected chi connectivity index (χ0v) is 29.3. The monoisotopic (exact) mass is 632 g/mol. The second-order valence-electron chi connectivity index (χ2n) is 13.9. The molecule has 236 valence electrons. The Morgan fingerprint density at radius 2 is 0.915 bits per heavy atom. The van der Waals surface area contributed by atoms with Gasteiger partial charge in [0, 0.05) is 38.8 Å². The van der Waals surface area contributed by atoms with Crippen molar-refractivity contribution in [1.29, 1.82) is 0 Å². The molecular formula is C42H44N4Si. The lowest BCUT2D eigenvalue weighted by Gasteiger charge is -2.43. The van der Waals surface area contributed by atoms with Crippen molar-refractivity contribution in [3.63, 3.8) is 0 Å². The Labute approximate surface area is 279 Å². The number of aromatic amines is 2. The average molecular weight is 633 g/mol. The molecule has 0 spiro atoms. The van der Waals surface area contributed by atoms with Gasteiger partial charge in [0.05, 0.1) is 30.8 Å². The summed E-state index contributed by atoms with van der Waals surface area (Å²) in [5, 5.41) is 0. The Hall–Kier alpha value is -4.74. The maximum atomic E-state index is 5.46. The van der Waals surface area contributed by atoms with Gasteiger partial charge in [0.2, 0.25) is 0 Å². The summed E-state index contributed by atoms with van der Waals surface area (Å²) in [5.74, 6) is 0. The lowest BCUT2D eigenvalue weighted by atomic mass is 10.0. The van der Waals surface area contributed by atoms with E-state index in [-0.39, 0.29) is 0 Å². The van der Waals surface area contributed by atoms with Crippen molar-refractivity contribution < 1.29 is 0 Å². The third-order valence-electron chi connectivity index (χ3n) is 10.5. The maximum absolute atomic E-state index is 5.46. The van der Waals surface area contributed by atoms with Crippen LogP contribution in [0, 0.1) is 0 Å². The predicted molar refractivity (Wildman–Crippen MR) is 204 cm³/mol. The van der Waals surface area contributed by atoms with Gasteiger partial charge in [0.25, 0.3) is 0 Å². The van der Waals surface area contributed by atoms with Crippen molar-refractivity contribution in [2.24, 2.45) is 0 Å². The van der Waals surface area contributed by atoms with Gasteiger partial charge in [-0.05, 0) is 71.8 Å². The molecular weight excluding hydrogens is 589 g/mol. The first-order chi connectivity index (χ1) is 22.7. The van der Waals surface area contributed by atoms with E-state index in [0.717, 1.165) is 73.1 Å². The van der Waals surface area contributed by atoms with Crippen molar-refractivity contribution in [2.75, 3.05) is 0 Å².